The van der Waals surface area contributed by atoms with E-state index in [0.29, 0.717) is 18.6 Å². The second-order valence-electron chi connectivity index (χ2n) is 8.31. The van der Waals surface area contributed by atoms with Crippen molar-refractivity contribution in [1.29, 1.82) is 0 Å². The molecule has 1 fully saturated rings. The summed E-state index contributed by atoms with van der Waals surface area (Å²) in [6.45, 7) is 17.9. The molecule has 0 aromatic heterocycles. The lowest BCUT2D eigenvalue weighted by Gasteiger charge is -2.32. The van der Waals surface area contributed by atoms with E-state index >= 15 is 0 Å². The van der Waals surface area contributed by atoms with E-state index in [1.807, 2.05) is 13.0 Å². The van der Waals surface area contributed by atoms with Crippen LogP contribution in [0.3, 0.4) is 0 Å². The Morgan fingerprint density at radius 2 is 2.00 bits per heavy atom. The fourth-order valence-corrected chi connectivity index (χ4v) is 2.84. The number of hydrogen-bond acceptors (Lipinski definition) is 3. The molecular weight excluding hydrogens is 312 g/mol. The number of cyclic esters (lactones) is 1. The third-order valence-corrected chi connectivity index (χ3v) is 5.21. The van der Waals surface area contributed by atoms with Crippen molar-refractivity contribution in [1.82, 2.24) is 4.90 Å². The van der Waals surface area contributed by atoms with Crippen LogP contribution < -0.4 is 0 Å². The van der Waals surface area contributed by atoms with Gasteiger partial charge in [-0.25, -0.2) is 4.79 Å². The average molecular weight is 349 g/mol. The van der Waals surface area contributed by atoms with Gasteiger partial charge >= 0.3 is 6.09 Å². The number of carbonyl (C=O) groups excluding carboxylic acids is 1. The van der Waals surface area contributed by atoms with E-state index in [9.17, 15) is 4.79 Å². The molecule has 0 aromatic carbocycles. The Bertz CT molecular complexity index is 529. The molecule has 1 aliphatic rings. The zero-order valence-electron chi connectivity index (χ0n) is 17.0. The van der Waals surface area contributed by atoms with Crippen LogP contribution in [-0.2, 0) is 4.74 Å². The zero-order chi connectivity index (χ0) is 19.1. The quantitative estimate of drug-likeness (QED) is 0.589. The molecule has 4 heteroatoms. The topological polar surface area (TPSA) is 41.9 Å². The van der Waals surface area contributed by atoms with Crippen LogP contribution >= 0.6 is 0 Å². The van der Waals surface area contributed by atoms with Crippen LogP contribution in [0.15, 0.2) is 29.0 Å². The highest BCUT2D eigenvalue weighted by Gasteiger charge is 2.26. The molecule has 0 spiro atoms. The molecule has 1 amide bonds. The van der Waals surface area contributed by atoms with Crippen LogP contribution in [0.25, 0.3) is 0 Å². The minimum Gasteiger partial charge on any atom is -0.449 e. The first-order chi connectivity index (χ1) is 11.6. The molecule has 0 aliphatic carbocycles. The van der Waals surface area contributed by atoms with Gasteiger partial charge < -0.3 is 4.74 Å². The summed E-state index contributed by atoms with van der Waals surface area (Å²) < 4.78 is 5.49. The summed E-state index contributed by atoms with van der Waals surface area (Å²) in [7, 11) is 0. The van der Waals surface area contributed by atoms with Gasteiger partial charge in [0.15, 0.2) is 0 Å². The first-order valence-corrected chi connectivity index (χ1v) is 9.47. The maximum atomic E-state index is 12.5. The van der Waals surface area contributed by atoms with E-state index in [1.165, 1.54) is 0 Å². The van der Waals surface area contributed by atoms with Crippen LogP contribution in [-0.4, -0.2) is 30.4 Å². The Morgan fingerprint density at radius 3 is 2.56 bits per heavy atom. The molecule has 4 nitrogen and oxygen atoms in total. The van der Waals surface area contributed by atoms with E-state index in [2.05, 4.69) is 46.2 Å². The average Bonchev–Trinajstić information content (AvgIpc) is 2.55. The van der Waals surface area contributed by atoms with Gasteiger partial charge in [0.2, 0.25) is 0 Å². The fraction of sp³-hybridized carbons (Fsp3) is 0.714. The highest BCUT2D eigenvalue weighted by molar-refractivity contribution is 5.85. The van der Waals surface area contributed by atoms with Crippen molar-refractivity contribution in [2.24, 2.45) is 15.8 Å². The Morgan fingerprint density at radius 1 is 1.36 bits per heavy atom. The van der Waals surface area contributed by atoms with Crippen molar-refractivity contribution in [3.05, 3.63) is 24.0 Å². The lowest BCUT2D eigenvalue weighted by Crippen LogP contribution is -2.34. The highest BCUT2D eigenvalue weighted by Crippen LogP contribution is 2.33. The van der Waals surface area contributed by atoms with Gasteiger partial charge in [0, 0.05) is 17.7 Å². The summed E-state index contributed by atoms with van der Waals surface area (Å²) in [5, 5.41) is 0. The van der Waals surface area contributed by atoms with E-state index in [1.54, 1.807) is 11.1 Å². The van der Waals surface area contributed by atoms with Crippen molar-refractivity contribution >= 4 is 12.3 Å². The van der Waals surface area contributed by atoms with Gasteiger partial charge in [-0.2, -0.15) is 0 Å². The van der Waals surface area contributed by atoms with Crippen molar-refractivity contribution in [3.63, 3.8) is 0 Å². The minimum atomic E-state index is -0.277. The summed E-state index contributed by atoms with van der Waals surface area (Å²) in [4.78, 5) is 18.7. The minimum absolute atomic E-state index is 0.0928. The Labute approximate surface area is 154 Å². The highest BCUT2D eigenvalue weighted by atomic mass is 16.6. The first kappa shape index (κ1) is 21.5. The van der Waals surface area contributed by atoms with Crippen molar-refractivity contribution in [3.8, 4) is 0 Å². The standard InChI is InChI=1S/C21H36N2O2/c1-8-18(16-22-17(3)20(4,5)6)23-14-10-12-21(7,9-2)13-11-15-25-19(23)24/h8,16H,3,9-15H2,1-2,4-7H3/b18-8+,22-16-. The number of rotatable bonds is 4. The molecule has 0 N–H and O–H groups in total. The maximum Gasteiger partial charge on any atom is 0.414 e. The van der Waals surface area contributed by atoms with E-state index in [4.69, 9.17) is 4.74 Å². The molecule has 25 heavy (non-hydrogen) atoms. The zero-order valence-corrected chi connectivity index (χ0v) is 17.0. The van der Waals surface area contributed by atoms with Crippen molar-refractivity contribution in [2.75, 3.05) is 13.2 Å². The molecule has 1 atom stereocenters. The van der Waals surface area contributed by atoms with Gasteiger partial charge in [-0.05, 0) is 38.0 Å². The molecule has 0 saturated carbocycles. The fourth-order valence-electron chi connectivity index (χ4n) is 2.84. The largest absolute Gasteiger partial charge is 0.449 e. The molecule has 142 valence electrons. The molecule has 1 saturated heterocycles. The molecule has 0 bridgehead atoms. The molecule has 1 heterocycles. The number of amides is 1. The maximum absolute atomic E-state index is 12.5. The third-order valence-electron chi connectivity index (χ3n) is 5.21. The second kappa shape index (κ2) is 9.21. The lowest BCUT2D eigenvalue weighted by atomic mass is 9.78. The van der Waals surface area contributed by atoms with Gasteiger partial charge in [0.05, 0.1) is 18.5 Å². The van der Waals surface area contributed by atoms with Gasteiger partial charge in [0.25, 0.3) is 0 Å². The van der Waals surface area contributed by atoms with E-state index in [-0.39, 0.29) is 11.5 Å². The second-order valence-corrected chi connectivity index (χ2v) is 8.31. The van der Waals surface area contributed by atoms with Crippen LogP contribution in [0.5, 0.6) is 0 Å². The van der Waals surface area contributed by atoms with Gasteiger partial charge in [-0.15, -0.1) is 0 Å². The number of nitrogens with zero attached hydrogens (tertiary/aromatic N) is 2. The lowest BCUT2D eigenvalue weighted by molar-refractivity contribution is 0.0976. The first-order valence-electron chi connectivity index (χ1n) is 9.47. The predicted octanol–water partition coefficient (Wildman–Crippen LogP) is 5.95. The number of hydrogen-bond donors (Lipinski definition) is 0. The van der Waals surface area contributed by atoms with Crippen molar-refractivity contribution in [2.45, 2.75) is 73.6 Å². The summed E-state index contributed by atoms with van der Waals surface area (Å²) in [5.74, 6) is 0. The molecule has 1 unspecified atom stereocenters. The van der Waals surface area contributed by atoms with Crippen molar-refractivity contribution < 1.29 is 9.53 Å². The van der Waals surface area contributed by atoms with E-state index < -0.39 is 0 Å². The van der Waals surface area contributed by atoms with Gasteiger partial charge in [-0.1, -0.05) is 53.7 Å². The summed E-state index contributed by atoms with van der Waals surface area (Å²) >= 11 is 0. The smallest absolute Gasteiger partial charge is 0.414 e. The van der Waals surface area contributed by atoms with Gasteiger partial charge in [-0.3, -0.25) is 9.89 Å². The molecule has 0 radical (unpaired) electrons. The molecule has 1 aliphatic heterocycles. The summed E-state index contributed by atoms with van der Waals surface area (Å²) in [5.41, 5.74) is 1.80. The summed E-state index contributed by atoms with van der Waals surface area (Å²) in [6.07, 6.45) is 8.64. The third kappa shape index (κ3) is 6.68. The van der Waals surface area contributed by atoms with E-state index in [0.717, 1.165) is 43.5 Å². The molecule has 0 aromatic rings. The Balaban J connectivity index is 2.91. The van der Waals surface area contributed by atoms with Crippen LogP contribution in [0.1, 0.15) is 73.6 Å². The molecular formula is C21H36N2O2. The van der Waals surface area contributed by atoms with Crippen LogP contribution in [0, 0.1) is 10.8 Å². The molecule has 1 rings (SSSR count). The monoisotopic (exact) mass is 348 g/mol. The number of aliphatic imine (C=N–C) groups is 1. The Hall–Kier alpha value is -1.58. The Kier molecular flexibility index (Phi) is 7.91. The SMILES string of the molecule is C=C(/N=C\C(=C/C)N1CCCC(C)(CC)CCCOC1=O)C(C)(C)C. The van der Waals surface area contributed by atoms with Gasteiger partial charge in [0.1, 0.15) is 0 Å². The normalized spacial score (nSPS) is 24.3. The number of allylic oxidation sites excluding steroid dienone is 3. The predicted molar refractivity (Wildman–Crippen MR) is 106 cm³/mol. The number of ether oxygens (including phenoxy) is 1. The van der Waals surface area contributed by atoms with Crippen LogP contribution in [0.2, 0.25) is 0 Å². The number of carbonyl (C=O) groups is 1. The summed E-state index contributed by atoms with van der Waals surface area (Å²) in [6, 6.07) is 0. The van der Waals surface area contributed by atoms with Crippen LogP contribution in [0.4, 0.5) is 4.79 Å².